The molecule has 0 aliphatic heterocycles. The van der Waals surface area contributed by atoms with Crippen molar-refractivity contribution in [2.24, 2.45) is 0 Å². The molecule has 78 valence electrons. The summed E-state index contributed by atoms with van der Waals surface area (Å²) in [5.41, 5.74) is 1.17. The van der Waals surface area contributed by atoms with E-state index in [1.807, 2.05) is 0 Å². The fourth-order valence-electron chi connectivity index (χ4n) is 0.970. The number of nitrogens with zero attached hydrogens (tertiary/aromatic N) is 1. The monoisotopic (exact) mass is 323 g/mol. The van der Waals surface area contributed by atoms with E-state index in [1.165, 1.54) is 6.07 Å². The van der Waals surface area contributed by atoms with E-state index in [0.29, 0.717) is 0 Å². The molecule has 0 radical (unpaired) electrons. The molecule has 0 aliphatic rings. The Balaban J connectivity index is 0.00000169. The number of rotatable bonds is 4. The zero-order valence-corrected chi connectivity index (χ0v) is 10.7. The molecule has 3 nitrogen and oxygen atoms in total. The maximum Gasteiger partial charge on any atom is 0.354 e. The fraction of sp³-hybridized carbons (Fsp3) is 0.333. The van der Waals surface area contributed by atoms with Crippen molar-refractivity contribution in [3.63, 3.8) is 0 Å². The van der Waals surface area contributed by atoms with Gasteiger partial charge in [0.05, 0.1) is 0 Å². The second-order valence-corrected chi connectivity index (χ2v) is 3.44. The van der Waals surface area contributed by atoms with E-state index >= 15 is 0 Å². The Hall–Kier alpha value is -0.420. The van der Waals surface area contributed by atoms with E-state index in [-0.39, 0.29) is 22.7 Å². The zero-order chi connectivity index (χ0) is 9.68. The van der Waals surface area contributed by atoms with Gasteiger partial charge in [0, 0.05) is 11.5 Å². The van der Waals surface area contributed by atoms with Crippen LogP contribution in [0.15, 0.2) is 18.3 Å². The molecule has 0 fully saturated rings. The first-order valence-electron chi connectivity index (χ1n) is 3.98. The van der Waals surface area contributed by atoms with Gasteiger partial charge in [-0.1, -0.05) is 22.0 Å². The van der Waals surface area contributed by atoms with Crippen LogP contribution in [0.25, 0.3) is 0 Å². The lowest BCUT2D eigenvalue weighted by Crippen LogP contribution is -2.00. The summed E-state index contributed by atoms with van der Waals surface area (Å²) in [7, 11) is 0. The van der Waals surface area contributed by atoms with Crippen molar-refractivity contribution < 1.29 is 9.90 Å². The maximum atomic E-state index is 10.5. The van der Waals surface area contributed by atoms with Crippen LogP contribution >= 0.6 is 32.9 Å². The molecule has 0 spiro atoms. The van der Waals surface area contributed by atoms with Crippen LogP contribution < -0.4 is 0 Å². The standard InChI is InChI=1S/C9H10BrNO2.BrH/c10-5-1-2-7-3-4-8(9(12)13)11-6-7;/h3-4,6H,1-2,5H2,(H,12,13);1H. The minimum Gasteiger partial charge on any atom is -0.477 e. The number of aromatic nitrogens is 1. The highest BCUT2D eigenvalue weighted by Gasteiger charge is 2.02. The highest BCUT2D eigenvalue weighted by molar-refractivity contribution is 9.09. The molecule has 14 heavy (non-hydrogen) atoms. The average Bonchev–Trinajstić information content (AvgIpc) is 2.15. The van der Waals surface area contributed by atoms with Crippen LogP contribution in [0.5, 0.6) is 0 Å². The van der Waals surface area contributed by atoms with Gasteiger partial charge in [0.1, 0.15) is 5.69 Å². The van der Waals surface area contributed by atoms with Gasteiger partial charge < -0.3 is 5.11 Å². The lowest BCUT2D eigenvalue weighted by molar-refractivity contribution is 0.0690. The van der Waals surface area contributed by atoms with E-state index in [4.69, 9.17) is 5.11 Å². The normalized spacial score (nSPS) is 9.21. The van der Waals surface area contributed by atoms with Crippen LogP contribution in [0.3, 0.4) is 0 Å². The van der Waals surface area contributed by atoms with Crippen molar-refractivity contribution in [1.29, 1.82) is 0 Å². The van der Waals surface area contributed by atoms with Crippen molar-refractivity contribution in [1.82, 2.24) is 4.98 Å². The predicted octanol–water partition coefficient (Wildman–Crippen LogP) is 2.69. The molecular weight excluding hydrogens is 314 g/mol. The van der Waals surface area contributed by atoms with Crippen LogP contribution in [0, 0.1) is 0 Å². The lowest BCUT2D eigenvalue weighted by Gasteiger charge is -1.98. The third-order valence-electron chi connectivity index (χ3n) is 1.64. The number of alkyl halides is 1. The van der Waals surface area contributed by atoms with Gasteiger partial charge in [-0.2, -0.15) is 0 Å². The predicted molar refractivity (Wildman–Crippen MR) is 63.6 cm³/mol. The molecule has 0 amide bonds. The number of aryl methyl sites for hydroxylation is 1. The lowest BCUT2D eigenvalue weighted by atomic mass is 10.1. The molecule has 1 N–H and O–H groups in total. The number of hydrogen-bond donors (Lipinski definition) is 1. The molecule has 1 aromatic rings. The summed E-state index contributed by atoms with van der Waals surface area (Å²) in [6.45, 7) is 0. The van der Waals surface area contributed by atoms with E-state index in [1.54, 1.807) is 12.3 Å². The molecule has 1 aromatic heterocycles. The second kappa shape index (κ2) is 6.95. The number of aromatic carboxylic acids is 1. The van der Waals surface area contributed by atoms with Crippen molar-refractivity contribution in [3.05, 3.63) is 29.6 Å². The average molecular weight is 325 g/mol. The summed E-state index contributed by atoms with van der Waals surface area (Å²) in [4.78, 5) is 14.3. The van der Waals surface area contributed by atoms with Gasteiger partial charge in [-0.05, 0) is 24.5 Å². The third-order valence-corrected chi connectivity index (χ3v) is 2.20. The zero-order valence-electron chi connectivity index (χ0n) is 7.44. The van der Waals surface area contributed by atoms with E-state index in [2.05, 4.69) is 20.9 Å². The summed E-state index contributed by atoms with van der Waals surface area (Å²) in [6.07, 6.45) is 3.58. The van der Waals surface area contributed by atoms with Gasteiger partial charge >= 0.3 is 5.97 Å². The number of carboxylic acid groups (broad SMARTS) is 1. The summed E-state index contributed by atoms with van der Waals surface area (Å²) >= 11 is 3.33. The first-order chi connectivity index (χ1) is 6.24. The molecule has 0 saturated carbocycles. The quantitative estimate of drug-likeness (QED) is 0.866. The summed E-state index contributed by atoms with van der Waals surface area (Å²) in [6, 6.07) is 3.34. The molecule has 1 rings (SSSR count). The van der Waals surface area contributed by atoms with Gasteiger partial charge in [0.2, 0.25) is 0 Å². The van der Waals surface area contributed by atoms with Gasteiger partial charge in [0.25, 0.3) is 0 Å². The maximum absolute atomic E-state index is 10.5. The van der Waals surface area contributed by atoms with Gasteiger partial charge in [-0.25, -0.2) is 9.78 Å². The Morgan fingerprint density at radius 1 is 1.50 bits per heavy atom. The highest BCUT2D eigenvalue weighted by atomic mass is 79.9. The van der Waals surface area contributed by atoms with E-state index in [0.717, 1.165) is 23.7 Å². The van der Waals surface area contributed by atoms with Gasteiger partial charge in [-0.15, -0.1) is 17.0 Å². The minimum atomic E-state index is -0.980. The van der Waals surface area contributed by atoms with Crippen LogP contribution in [0.2, 0.25) is 0 Å². The molecule has 5 heteroatoms. The van der Waals surface area contributed by atoms with Crippen molar-refractivity contribution in [3.8, 4) is 0 Å². The fourth-order valence-corrected chi connectivity index (χ4v) is 1.25. The molecule has 0 bridgehead atoms. The Morgan fingerprint density at radius 2 is 2.21 bits per heavy atom. The van der Waals surface area contributed by atoms with Crippen molar-refractivity contribution >= 4 is 38.9 Å². The van der Waals surface area contributed by atoms with E-state index < -0.39 is 5.97 Å². The number of carboxylic acids is 1. The van der Waals surface area contributed by atoms with E-state index in [9.17, 15) is 4.79 Å². The summed E-state index contributed by atoms with van der Waals surface area (Å²) < 4.78 is 0. The number of halogens is 2. The number of pyridine rings is 1. The van der Waals surface area contributed by atoms with Crippen LogP contribution in [0.4, 0.5) is 0 Å². The molecule has 0 atom stereocenters. The smallest absolute Gasteiger partial charge is 0.354 e. The minimum absolute atomic E-state index is 0. The van der Waals surface area contributed by atoms with Crippen LogP contribution in [-0.4, -0.2) is 21.4 Å². The Morgan fingerprint density at radius 3 is 2.64 bits per heavy atom. The molecule has 0 aliphatic carbocycles. The Bertz CT molecular complexity index is 287. The van der Waals surface area contributed by atoms with Crippen molar-refractivity contribution in [2.45, 2.75) is 12.8 Å². The second-order valence-electron chi connectivity index (χ2n) is 2.65. The first kappa shape index (κ1) is 13.6. The summed E-state index contributed by atoms with van der Waals surface area (Å²) in [5, 5.41) is 9.53. The highest BCUT2D eigenvalue weighted by Crippen LogP contribution is 2.04. The Kier molecular flexibility index (Phi) is 6.74. The molecule has 0 saturated heterocycles. The van der Waals surface area contributed by atoms with Crippen LogP contribution in [-0.2, 0) is 6.42 Å². The molecule has 1 heterocycles. The SMILES string of the molecule is Br.O=C(O)c1ccc(CCCBr)cn1. The van der Waals surface area contributed by atoms with Gasteiger partial charge in [0.15, 0.2) is 0 Å². The summed E-state index contributed by atoms with van der Waals surface area (Å²) in [5.74, 6) is -0.980. The van der Waals surface area contributed by atoms with Crippen molar-refractivity contribution in [2.75, 3.05) is 5.33 Å². The molecule has 0 unspecified atom stereocenters. The van der Waals surface area contributed by atoms with Gasteiger partial charge in [-0.3, -0.25) is 0 Å². The topological polar surface area (TPSA) is 50.2 Å². The number of carbonyl (C=O) groups is 1. The first-order valence-corrected chi connectivity index (χ1v) is 5.10. The molecular formula is C9H11Br2NO2. The Labute approximate surface area is 101 Å². The largest absolute Gasteiger partial charge is 0.477 e. The van der Waals surface area contributed by atoms with Crippen LogP contribution in [0.1, 0.15) is 22.5 Å². The molecule has 0 aromatic carbocycles. The third kappa shape index (κ3) is 4.19. The number of hydrogen-bond acceptors (Lipinski definition) is 2.